The molecule has 2 N–H and O–H groups in total. The first-order valence-corrected chi connectivity index (χ1v) is 8.70. The number of carbonyl (C=O) groups is 1. The third kappa shape index (κ3) is 2.64. The summed E-state index contributed by atoms with van der Waals surface area (Å²) in [5, 5.41) is 14.2. The standard InChI is InChI=1S/C22H16N2O3/c25-20(26)10-6-14-5-7-15-8-9-19-21(17(15)11-14)23-13-22(27-19)12-16-3-1-2-4-18(16)24-22/h1-11,13,24H,12H2,(H,25,26). The molecule has 0 aromatic heterocycles. The predicted molar refractivity (Wildman–Crippen MR) is 106 cm³/mol. The van der Waals surface area contributed by atoms with E-state index in [1.54, 1.807) is 6.08 Å². The fourth-order valence-corrected chi connectivity index (χ4v) is 3.67. The van der Waals surface area contributed by atoms with Crippen molar-refractivity contribution in [1.29, 1.82) is 0 Å². The molecule has 0 fully saturated rings. The molecule has 0 amide bonds. The number of fused-ring (bicyclic) bond motifs is 4. The number of hydrogen-bond donors (Lipinski definition) is 2. The quantitative estimate of drug-likeness (QED) is 0.668. The first-order valence-electron chi connectivity index (χ1n) is 8.70. The Hall–Kier alpha value is -3.60. The number of para-hydroxylation sites is 1. The Kier molecular flexibility index (Phi) is 3.31. The molecule has 2 aliphatic heterocycles. The van der Waals surface area contributed by atoms with Gasteiger partial charge in [-0.1, -0.05) is 36.4 Å². The second-order valence-electron chi connectivity index (χ2n) is 6.77. The number of anilines is 1. The van der Waals surface area contributed by atoms with Crippen molar-refractivity contribution in [3.05, 3.63) is 71.8 Å². The average molecular weight is 356 g/mol. The van der Waals surface area contributed by atoms with Crippen molar-refractivity contribution in [2.45, 2.75) is 12.1 Å². The van der Waals surface area contributed by atoms with Crippen LogP contribution < -0.4 is 10.1 Å². The fourth-order valence-electron chi connectivity index (χ4n) is 3.67. The molecule has 0 aliphatic carbocycles. The van der Waals surface area contributed by atoms with E-state index in [2.05, 4.69) is 11.4 Å². The Labute approximate surface area is 155 Å². The van der Waals surface area contributed by atoms with Crippen LogP contribution in [0.4, 0.5) is 11.4 Å². The maximum atomic E-state index is 10.8. The molecular formula is C22H16N2O3. The SMILES string of the molecule is O=C(O)C=Cc1ccc2ccc3c(c2c1)N=CC1(Cc2ccccc2N1)O3. The van der Waals surface area contributed by atoms with Crippen molar-refractivity contribution >= 4 is 40.4 Å². The van der Waals surface area contributed by atoms with Crippen molar-refractivity contribution < 1.29 is 14.6 Å². The lowest BCUT2D eigenvalue weighted by Gasteiger charge is -2.31. The molecule has 132 valence electrons. The second-order valence-corrected chi connectivity index (χ2v) is 6.77. The van der Waals surface area contributed by atoms with Crippen LogP contribution in [-0.2, 0) is 11.2 Å². The maximum Gasteiger partial charge on any atom is 0.328 e. The summed E-state index contributed by atoms with van der Waals surface area (Å²) >= 11 is 0. The summed E-state index contributed by atoms with van der Waals surface area (Å²) in [7, 11) is 0. The third-order valence-corrected chi connectivity index (χ3v) is 4.91. The van der Waals surface area contributed by atoms with Gasteiger partial charge in [0.1, 0.15) is 11.4 Å². The Balaban J connectivity index is 1.55. The summed E-state index contributed by atoms with van der Waals surface area (Å²) in [4.78, 5) is 15.5. The monoisotopic (exact) mass is 356 g/mol. The highest BCUT2D eigenvalue weighted by Gasteiger charge is 2.40. The predicted octanol–water partition coefficient (Wildman–Crippen LogP) is 4.40. The van der Waals surface area contributed by atoms with Gasteiger partial charge in [0.15, 0.2) is 0 Å². The molecule has 27 heavy (non-hydrogen) atoms. The minimum atomic E-state index is -0.972. The number of rotatable bonds is 2. The van der Waals surface area contributed by atoms with E-state index in [1.165, 1.54) is 5.56 Å². The first kappa shape index (κ1) is 15.6. The van der Waals surface area contributed by atoms with Gasteiger partial charge in [-0.2, -0.15) is 0 Å². The van der Waals surface area contributed by atoms with E-state index >= 15 is 0 Å². The van der Waals surface area contributed by atoms with E-state index in [0.29, 0.717) is 12.2 Å². The van der Waals surface area contributed by atoms with E-state index < -0.39 is 11.7 Å². The molecular weight excluding hydrogens is 340 g/mol. The number of carboxylic acids is 1. The van der Waals surface area contributed by atoms with Crippen molar-refractivity contribution in [3.63, 3.8) is 0 Å². The second kappa shape index (κ2) is 5.71. The van der Waals surface area contributed by atoms with E-state index in [4.69, 9.17) is 14.8 Å². The molecule has 3 aromatic carbocycles. The number of nitrogens with one attached hydrogen (secondary N) is 1. The largest absolute Gasteiger partial charge is 0.478 e. The van der Waals surface area contributed by atoms with Gasteiger partial charge in [-0.15, -0.1) is 0 Å². The zero-order valence-corrected chi connectivity index (χ0v) is 14.3. The highest BCUT2D eigenvalue weighted by molar-refractivity contribution is 6.00. The lowest BCUT2D eigenvalue weighted by atomic mass is 10.0. The smallest absolute Gasteiger partial charge is 0.328 e. The molecule has 0 saturated carbocycles. The Morgan fingerprint density at radius 3 is 2.89 bits per heavy atom. The van der Waals surface area contributed by atoms with Crippen LogP contribution in [0.2, 0.25) is 0 Å². The fraction of sp³-hybridized carbons (Fsp3) is 0.0909. The van der Waals surface area contributed by atoms with Gasteiger partial charge in [-0.25, -0.2) is 4.79 Å². The number of hydrogen-bond acceptors (Lipinski definition) is 4. The summed E-state index contributed by atoms with van der Waals surface area (Å²) < 4.78 is 6.34. The van der Waals surface area contributed by atoms with Crippen LogP contribution in [0.3, 0.4) is 0 Å². The summed E-state index contributed by atoms with van der Waals surface area (Å²) in [5.74, 6) is -0.259. The van der Waals surface area contributed by atoms with Crippen molar-refractivity contribution in [1.82, 2.24) is 0 Å². The van der Waals surface area contributed by atoms with Crippen molar-refractivity contribution in [2.75, 3.05) is 5.32 Å². The minimum Gasteiger partial charge on any atom is -0.478 e. The molecule has 2 aliphatic rings. The van der Waals surface area contributed by atoms with Gasteiger partial charge in [-0.05, 0) is 40.8 Å². The van der Waals surface area contributed by atoms with Crippen LogP contribution in [0.15, 0.2) is 65.7 Å². The number of carboxylic acid groups (broad SMARTS) is 1. The topological polar surface area (TPSA) is 70.9 Å². The molecule has 0 radical (unpaired) electrons. The lowest BCUT2D eigenvalue weighted by Crippen LogP contribution is -2.45. The Morgan fingerprint density at radius 2 is 2.04 bits per heavy atom. The normalized spacial score (nSPS) is 19.7. The first-order chi connectivity index (χ1) is 13.1. The summed E-state index contributed by atoms with van der Waals surface area (Å²) in [6.07, 6.45) is 5.25. The summed E-state index contributed by atoms with van der Waals surface area (Å²) in [6.45, 7) is 0. The molecule has 1 spiro atoms. The summed E-state index contributed by atoms with van der Waals surface area (Å²) in [6, 6.07) is 17.9. The van der Waals surface area contributed by atoms with Gasteiger partial charge in [0.25, 0.3) is 0 Å². The van der Waals surface area contributed by atoms with E-state index in [9.17, 15) is 4.79 Å². The number of benzene rings is 3. The number of ether oxygens (including phenoxy) is 1. The molecule has 1 atom stereocenters. The molecule has 2 heterocycles. The van der Waals surface area contributed by atoms with Gasteiger partial charge >= 0.3 is 5.97 Å². The third-order valence-electron chi connectivity index (χ3n) is 4.91. The molecule has 5 rings (SSSR count). The van der Waals surface area contributed by atoms with Crippen LogP contribution in [-0.4, -0.2) is 23.0 Å². The molecule has 1 unspecified atom stereocenters. The summed E-state index contributed by atoms with van der Waals surface area (Å²) in [5.41, 5.74) is 3.18. The van der Waals surface area contributed by atoms with Crippen LogP contribution in [0.5, 0.6) is 5.75 Å². The zero-order chi connectivity index (χ0) is 18.4. The highest BCUT2D eigenvalue weighted by Crippen LogP contribution is 2.43. The minimum absolute atomic E-state index is 0.662. The maximum absolute atomic E-state index is 10.8. The van der Waals surface area contributed by atoms with E-state index in [1.807, 2.05) is 54.7 Å². The zero-order valence-electron chi connectivity index (χ0n) is 14.3. The van der Waals surface area contributed by atoms with Gasteiger partial charge in [0.05, 0.1) is 6.21 Å². The average Bonchev–Trinajstić information content (AvgIpc) is 3.03. The van der Waals surface area contributed by atoms with Crippen molar-refractivity contribution in [2.24, 2.45) is 4.99 Å². The number of aliphatic carboxylic acids is 1. The van der Waals surface area contributed by atoms with Crippen LogP contribution in [0, 0.1) is 0 Å². The Morgan fingerprint density at radius 1 is 1.19 bits per heavy atom. The van der Waals surface area contributed by atoms with Crippen LogP contribution in [0.1, 0.15) is 11.1 Å². The molecule has 3 aromatic rings. The lowest BCUT2D eigenvalue weighted by molar-refractivity contribution is -0.131. The molecule has 5 nitrogen and oxygen atoms in total. The number of nitrogens with zero attached hydrogens (tertiary/aromatic N) is 1. The van der Waals surface area contributed by atoms with Crippen LogP contribution in [0.25, 0.3) is 16.8 Å². The molecule has 0 bridgehead atoms. The van der Waals surface area contributed by atoms with Gasteiger partial charge < -0.3 is 15.2 Å². The molecule has 0 saturated heterocycles. The number of aliphatic imine (C=N–C) groups is 1. The molecule has 5 heteroatoms. The van der Waals surface area contributed by atoms with Crippen LogP contribution >= 0.6 is 0 Å². The van der Waals surface area contributed by atoms with Gasteiger partial charge in [0.2, 0.25) is 5.72 Å². The highest BCUT2D eigenvalue weighted by atomic mass is 16.5. The Bertz CT molecular complexity index is 1120. The van der Waals surface area contributed by atoms with Gasteiger partial charge in [0, 0.05) is 23.6 Å². The van der Waals surface area contributed by atoms with Crippen molar-refractivity contribution in [3.8, 4) is 5.75 Å². The van der Waals surface area contributed by atoms with E-state index in [0.717, 1.165) is 33.8 Å². The van der Waals surface area contributed by atoms with E-state index in [-0.39, 0.29) is 0 Å². The van der Waals surface area contributed by atoms with Gasteiger partial charge in [-0.3, -0.25) is 4.99 Å².